The number of benzene rings is 1. The predicted octanol–water partition coefficient (Wildman–Crippen LogP) is 8.43. The van der Waals surface area contributed by atoms with Gasteiger partial charge in [-0.05, 0) is 91.0 Å². The zero-order valence-corrected chi connectivity index (χ0v) is 22.2. The highest BCUT2D eigenvalue weighted by Crippen LogP contribution is 2.44. The van der Waals surface area contributed by atoms with Crippen LogP contribution in [0, 0.1) is 0 Å². The third-order valence-corrected chi connectivity index (χ3v) is 8.44. The molecule has 0 spiro atoms. The monoisotopic (exact) mass is 570 g/mol. The summed E-state index contributed by atoms with van der Waals surface area (Å²) in [5.41, 5.74) is 7.98. The molecule has 8 heteroatoms. The van der Waals surface area contributed by atoms with Crippen LogP contribution in [0.4, 0.5) is 22.9 Å². The van der Waals surface area contributed by atoms with Gasteiger partial charge in [0, 0.05) is 23.9 Å². The van der Waals surface area contributed by atoms with Crippen molar-refractivity contribution in [1.29, 1.82) is 0 Å². The van der Waals surface area contributed by atoms with Crippen molar-refractivity contribution in [2.45, 2.75) is 32.1 Å². The molecule has 0 fully saturated rings. The van der Waals surface area contributed by atoms with Gasteiger partial charge < -0.3 is 9.99 Å². The number of hydrogen-bond acceptors (Lipinski definition) is 5. The number of aliphatic imine (C=N–C) groups is 1. The molecule has 1 aliphatic carbocycles. The molecule has 0 saturated carbocycles. The van der Waals surface area contributed by atoms with Gasteiger partial charge in [-0.1, -0.05) is 29.3 Å². The maximum atomic E-state index is 6.36. The Morgan fingerprint density at radius 1 is 1.33 bits per heavy atom. The Hall–Kier alpha value is -1.08. The van der Waals surface area contributed by atoms with Gasteiger partial charge in [0.05, 0.1) is 11.4 Å². The first-order valence-corrected chi connectivity index (χ1v) is 15.2. The van der Waals surface area contributed by atoms with E-state index in [-0.39, 0.29) is 0 Å². The fraction of sp³-hybridized carbons (Fsp3) is 0.273. The number of aromatic nitrogens is 1. The molecule has 1 aromatic heterocycles. The van der Waals surface area contributed by atoms with Crippen molar-refractivity contribution in [1.82, 2.24) is 4.98 Å². The quantitative estimate of drug-likeness (QED) is 0.114. The minimum atomic E-state index is 0.434. The lowest BCUT2D eigenvalue weighted by Crippen LogP contribution is -2.12. The topological polar surface area (TPSA) is 40.5 Å². The van der Waals surface area contributed by atoms with Crippen LogP contribution < -0.4 is 9.99 Å². The van der Waals surface area contributed by atoms with Crippen LogP contribution in [-0.2, 0) is 0 Å². The Kier molecular flexibility index (Phi) is 8.24. The summed E-state index contributed by atoms with van der Waals surface area (Å²) in [4.78, 5) is 9.97. The van der Waals surface area contributed by atoms with Gasteiger partial charge in [-0.3, -0.25) is 4.99 Å². The van der Waals surface area contributed by atoms with Crippen LogP contribution in [0.25, 0.3) is 5.57 Å². The van der Waals surface area contributed by atoms with Gasteiger partial charge in [0.25, 0.3) is 0 Å². The largest absolute Gasteiger partial charge is 0.353 e. The molecule has 0 radical (unpaired) electrons. The van der Waals surface area contributed by atoms with E-state index in [2.05, 4.69) is 100 Å². The summed E-state index contributed by atoms with van der Waals surface area (Å²) in [5, 5.41) is 3.96. The van der Waals surface area contributed by atoms with Crippen LogP contribution in [0.15, 0.2) is 51.4 Å². The summed E-state index contributed by atoms with van der Waals surface area (Å²) in [7, 11) is 0. The lowest BCUT2D eigenvalue weighted by molar-refractivity contribution is 1.07. The van der Waals surface area contributed by atoms with Crippen molar-refractivity contribution in [3.05, 3.63) is 52.2 Å². The second-order valence-corrected chi connectivity index (χ2v) is 10.4. The molecular weight excluding hydrogens is 546 g/mol. The summed E-state index contributed by atoms with van der Waals surface area (Å²) in [6, 6.07) is 8.39. The molecule has 1 unspecified atom stereocenters. The summed E-state index contributed by atoms with van der Waals surface area (Å²) < 4.78 is 2.14. The third-order valence-electron chi connectivity index (χ3n) is 4.99. The van der Waals surface area contributed by atoms with Gasteiger partial charge in [0.2, 0.25) is 0 Å². The highest BCUT2D eigenvalue weighted by atomic mass is 127. The van der Waals surface area contributed by atoms with E-state index < -0.39 is 0 Å². The molecule has 0 saturated heterocycles. The van der Waals surface area contributed by atoms with Crippen LogP contribution >= 0.6 is 51.8 Å². The van der Waals surface area contributed by atoms with E-state index in [9.17, 15) is 0 Å². The molecule has 2 aromatic rings. The van der Waals surface area contributed by atoms with E-state index in [1.54, 1.807) is 11.8 Å². The highest BCUT2D eigenvalue weighted by Gasteiger charge is 2.18. The number of anilines is 3. The Bertz CT molecular complexity index is 1030. The van der Waals surface area contributed by atoms with Crippen molar-refractivity contribution in [2.75, 3.05) is 22.8 Å². The van der Waals surface area contributed by atoms with E-state index in [4.69, 9.17) is 11.6 Å². The van der Waals surface area contributed by atoms with Crippen LogP contribution in [0.5, 0.6) is 0 Å². The number of hydrogen-bond donors (Lipinski definition) is 1. The average molecular weight is 571 g/mol. The molecule has 0 bridgehead atoms. The molecular formula is C22H25ClIN4PS. The van der Waals surface area contributed by atoms with Gasteiger partial charge in [-0.15, -0.1) is 11.8 Å². The zero-order chi connectivity index (χ0) is 21.8. The molecule has 1 atom stereocenters. The zero-order valence-electron chi connectivity index (χ0n) is 17.5. The molecule has 158 valence electrons. The first-order chi connectivity index (χ1) is 14.4. The lowest BCUT2D eigenvalue weighted by atomic mass is 10.0. The second-order valence-electron chi connectivity index (χ2n) is 7.02. The van der Waals surface area contributed by atoms with Gasteiger partial charge in [0.15, 0.2) is 5.82 Å². The van der Waals surface area contributed by atoms with Gasteiger partial charge in [0.1, 0.15) is 10.8 Å². The van der Waals surface area contributed by atoms with E-state index in [0.717, 1.165) is 35.8 Å². The van der Waals surface area contributed by atoms with Gasteiger partial charge in [-0.2, -0.15) is 0 Å². The molecule has 30 heavy (non-hydrogen) atoms. The number of thioether (sulfide) groups is 1. The summed E-state index contributed by atoms with van der Waals surface area (Å²) >= 11 is 10.4. The molecule has 3 rings (SSSR count). The smallest absolute Gasteiger partial charge is 0.162 e. The van der Waals surface area contributed by atoms with Crippen LogP contribution in [0.1, 0.15) is 32.8 Å². The van der Waals surface area contributed by atoms with Crippen LogP contribution in [0.3, 0.4) is 0 Å². The van der Waals surface area contributed by atoms with Crippen molar-refractivity contribution in [2.24, 2.45) is 4.99 Å². The standard InChI is InChI=1S/C22H25ClIN4PS/c1-6-28(29-24)22-21(25-4)18(12-20(23)27-22)26-17-8-7-15(11-19(17)30-5)16-10-13(2)9-14(16)3/h7-9,11-12,29H,4,6,10H2,1-3,5H3,(H,26,27). The molecule has 1 heterocycles. The van der Waals surface area contributed by atoms with E-state index >= 15 is 0 Å². The fourth-order valence-corrected chi connectivity index (χ4v) is 6.40. The first-order valence-electron chi connectivity index (χ1n) is 9.55. The van der Waals surface area contributed by atoms with Crippen molar-refractivity contribution >= 4 is 86.9 Å². The molecule has 1 aliphatic rings. The molecule has 1 N–H and O–H groups in total. The minimum absolute atomic E-state index is 0.434. The van der Waals surface area contributed by atoms with Crippen molar-refractivity contribution in [3.8, 4) is 0 Å². The molecule has 4 nitrogen and oxygen atoms in total. The number of nitrogens with one attached hydrogen (secondary N) is 1. The average Bonchev–Trinajstić information content (AvgIpc) is 3.07. The maximum Gasteiger partial charge on any atom is 0.162 e. The Morgan fingerprint density at radius 3 is 2.67 bits per heavy atom. The minimum Gasteiger partial charge on any atom is -0.353 e. The van der Waals surface area contributed by atoms with E-state index in [0.29, 0.717) is 11.5 Å². The Labute approximate surface area is 203 Å². The summed E-state index contributed by atoms with van der Waals surface area (Å²) in [6.07, 6.45) is 5.92. The van der Waals surface area contributed by atoms with E-state index in [1.807, 2.05) is 6.07 Å². The number of pyridine rings is 1. The normalized spacial score (nSPS) is 13.9. The van der Waals surface area contributed by atoms with Crippen LogP contribution in [0.2, 0.25) is 5.15 Å². The molecule has 0 amide bonds. The Morgan fingerprint density at radius 2 is 2.10 bits per heavy atom. The van der Waals surface area contributed by atoms with Crippen molar-refractivity contribution in [3.63, 3.8) is 0 Å². The first kappa shape index (κ1) is 23.6. The fourth-order valence-electron chi connectivity index (χ4n) is 3.57. The number of rotatable bonds is 8. The van der Waals surface area contributed by atoms with E-state index in [1.165, 1.54) is 27.2 Å². The summed E-state index contributed by atoms with van der Waals surface area (Å²) in [5.74, 6) is 0.755. The third kappa shape index (κ3) is 5.04. The maximum absolute atomic E-state index is 6.36. The number of halogens is 2. The predicted molar refractivity (Wildman–Crippen MR) is 146 cm³/mol. The van der Waals surface area contributed by atoms with Crippen molar-refractivity contribution < 1.29 is 0 Å². The number of nitrogens with zero attached hydrogens (tertiary/aromatic N) is 3. The second kappa shape index (κ2) is 10.5. The summed E-state index contributed by atoms with van der Waals surface area (Å²) in [6.45, 7) is 11.1. The molecule has 1 aromatic carbocycles. The lowest BCUT2D eigenvalue weighted by Gasteiger charge is -2.22. The molecule has 0 aliphatic heterocycles. The number of allylic oxidation sites excluding steroid dienone is 4. The van der Waals surface area contributed by atoms with Gasteiger partial charge in [-0.25, -0.2) is 4.98 Å². The highest BCUT2D eigenvalue weighted by molar-refractivity contribution is 14.2. The Balaban J connectivity index is 2.00. The van der Waals surface area contributed by atoms with Gasteiger partial charge >= 0.3 is 0 Å². The van der Waals surface area contributed by atoms with Crippen LogP contribution in [-0.4, -0.2) is 24.5 Å². The SMILES string of the molecule is C=Nc1c(Nc2ccc(C3=C(C)C=C(C)C3)cc2SC)cc(Cl)nc1N(CC)PI.